The first kappa shape index (κ1) is 26.9. The van der Waals surface area contributed by atoms with E-state index in [9.17, 15) is 0 Å². The second kappa shape index (κ2) is 16.0. The highest BCUT2D eigenvalue weighted by molar-refractivity contribution is 5.15. The summed E-state index contributed by atoms with van der Waals surface area (Å²) in [5, 5.41) is 0. The summed E-state index contributed by atoms with van der Waals surface area (Å²) in [7, 11) is 0. The molecule has 0 aliphatic carbocycles. The van der Waals surface area contributed by atoms with E-state index in [0.29, 0.717) is 0 Å². The molecule has 1 fully saturated rings. The van der Waals surface area contributed by atoms with Gasteiger partial charge in [0.05, 0.1) is 20.0 Å². The first-order valence-corrected chi connectivity index (χ1v) is 13.7. The lowest BCUT2D eigenvalue weighted by Crippen LogP contribution is -2.55. The fourth-order valence-electron chi connectivity index (χ4n) is 4.89. The van der Waals surface area contributed by atoms with Crippen LogP contribution in [0.1, 0.15) is 57.1 Å². The fourth-order valence-corrected chi connectivity index (χ4v) is 4.89. The van der Waals surface area contributed by atoms with Gasteiger partial charge in [0, 0.05) is 19.6 Å². The Labute approximate surface area is 209 Å². The number of nitrogens with zero attached hydrogens (tertiary/aromatic N) is 4. The van der Waals surface area contributed by atoms with Crippen LogP contribution in [-0.4, -0.2) is 78.9 Å². The van der Waals surface area contributed by atoms with E-state index < -0.39 is 0 Å². The molecular weight excluding hydrogens is 416 g/mol. The van der Waals surface area contributed by atoms with E-state index >= 15 is 0 Å². The molecule has 0 amide bonds. The summed E-state index contributed by atoms with van der Waals surface area (Å²) in [5.41, 5.74) is 2.89. The molecule has 188 valence electrons. The average Bonchev–Trinajstić information content (AvgIpc) is 2.88. The predicted molar refractivity (Wildman–Crippen MR) is 146 cm³/mol. The summed E-state index contributed by atoms with van der Waals surface area (Å²) in [5.74, 6) is 0. The molecule has 0 bridgehead atoms. The molecule has 1 saturated heterocycles. The van der Waals surface area contributed by atoms with Gasteiger partial charge in [-0.05, 0) is 62.9 Å². The number of hydrogen-bond donors (Lipinski definition) is 0. The lowest BCUT2D eigenvalue weighted by Gasteiger charge is -2.42. The summed E-state index contributed by atoms with van der Waals surface area (Å²) in [6, 6.07) is 21.9. The molecular formula is C30H48N4. The Balaban J connectivity index is 1.51. The van der Waals surface area contributed by atoms with E-state index in [1.54, 1.807) is 0 Å². The summed E-state index contributed by atoms with van der Waals surface area (Å²) in [4.78, 5) is 10.7. The Kier molecular flexibility index (Phi) is 12.7. The van der Waals surface area contributed by atoms with Gasteiger partial charge in [-0.2, -0.15) is 0 Å². The molecule has 2 aromatic carbocycles. The van der Waals surface area contributed by atoms with Crippen molar-refractivity contribution in [3.05, 3.63) is 71.8 Å². The Hall–Kier alpha value is -1.72. The second-order valence-electron chi connectivity index (χ2n) is 9.98. The van der Waals surface area contributed by atoms with Crippen LogP contribution in [0.5, 0.6) is 0 Å². The van der Waals surface area contributed by atoms with Crippen molar-refractivity contribution >= 4 is 0 Å². The Bertz CT molecular complexity index is 691. The Morgan fingerprint density at radius 3 is 1.41 bits per heavy atom. The molecule has 0 spiro atoms. The van der Waals surface area contributed by atoms with Crippen LogP contribution in [0.15, 0.2) is 60.7 Å². The molecule has 3 rings (SSSR count). The number of unbranched alkanes of at least 4 members (excludes halogenated alkanes) is 2. The van der Waals surface area contributed by atoms with Crippen LogP contribution in [0.2, 0.25) is 0 Å². The van der Waals surface area contributed by atoms with Gasteiger partial charge < -0.3 is 4.90 Å². The normalized spacial score (nSPS) is 15.9. The topological polar surface area (TPSA) is 13.0 Å². The largest absolute Gasteiger partial charge is 0.303 e. The third-order valence-corrected chi connectivity index (χ3v) is 6.92. The van der Waals surface area contributed by atoms with E-state index in [2.05, 4.69) is 94.1 Å². The van der Waals surface area contributed by atoms with Crippen molar-refractivity contribution in [2.24, 2.45) is 0 Å². The molecule has 4 nitrogen and oxygen atoms in total. The van der Waals surface area contributed by atoms with Gasteiger partial charge in [0.25, 0.3) is 0 Å². The quantitative estimate of drug-likeness (QED) is 0.323. The third-order valence-electron chi connectivity index (χ3n) is 6.92. The van der Waals surface area contributed by atoms with Crippen LogP contribution in [-0.2, 0) is 12.8 Å². The number of rotatable bonds is 16. The smallest absolute Gasteiger partial charge is 0.0530 e. The molecule has 34 heavy (non-hydrogen) atoms. The van der Waals surface area contributed by atoms with Gasteiger partial charge in [0.1, 0.15) is 0 Å². The molecule has 1 aliphatic rings. The van der Waals surface area contributed by atoms with E-state index in [0.717, 1.165) is 45.9 Å². The van der Waals surface area contributed by atoms with E-state index in [1.165, 1.54) is 69.4 Å². The van der Waals surface area contributed by atoms with Crippen LogP contribution < -0.4 is 0 Å². The van der Waals surface area contributed by atoms with Crippen molar-refractivity contribution in [1.29, 1.82) is 0 Å². The minimum Gasteiger partial charge on any atom is -0.303 e. The molecule has 0 N–H and O–H groups in total. The van der Waals surface area contributed by atoms with Gasteiger partial charge in [0.15, 0.2) is 0 Å². The third kappa shape index (κ3) is 10.3. The maximum atomic E-state index is 2.71. The van der Waals surface area contributed by atoms with Crippen molar-refractivity contribution in [3.8, 4) is 0 Å². The first-order valence-electron chi connectivity index (χ1n) is 13.7. The zero-order chi connectivity index (χ0) is 23.8. The van der Waals surface area contributed by atoms with Crippen LogP contribution in [0.25, 0.3) is 0 Å². The maximum absolute atomic E-state index is 2.71. The van der Waals surface area contributed by atoms with Gasteiger partial charge in [0.2, 0.25) is 0 Å². The van der Waals surface area contributed by atoms with Crippen LogP contribution in [0, 0.1) is 0 Å². The second-order valence-corrected chi connectivity index (χ2v) is 9.98. The molecule has 1 heterocycles. The number of hydrogen-bond acceptors (Lipinski definition) is 4. The van der Waals surface area contributed by atoms with Gasteiger partial charge in [-0.15, -0.1) is 0 Å². The van der Waals surface area contributed by atoms with Gasteiger partial charge in [-0.1, -0.05) is 87.4 Å². The summed E-state index contributed by atoms with van der Waals surface area (Å²) < 4.78 is 0. The van der Waals surface area contributed by atoms with Crippen molar-refractivity contribution < 1.29 is 0 Å². The predicted octanol–water partition coefficient (Wildman–Crippen LogP) is 5.56. The number of benzene rings is 2. The molecule has 0 atom stereocenters. The van der Waals surface area contributed by atoms with Crippen LogP contribution in [0.4, 0.5) is 0 Å². The van der Waals surface area contributed by atoms with Gasteiger partial charge >= 0.3 is 0 Å². The van der Waals surface area contributed by atoms with Crippen molar-refractivity contribution in [2.45, 2.75) is 58.8 Å². The highest BCUT2D eigenvalue weighted by Gasteiger charge is 2.23. The van der Waals surface area contributed by atoms with Crippen molar-refractivity contribution in [2.75, 3.05) is 59.3 Å². The maximum Gasteiger partial charge on any atom is 0.0530 e. The SMILES string of the molecule is CCCCN(CCCC)CCCN1CN(CCc2ccccc2)CN(CCc2ccccc2)C1. The zero-order valence-corrected chi connectivity index (χ0v) is 21.9. The first-order chi connectivity index (χ1) is 16.8. The Morgan fingerprint density at radius 1 is 0.559 bits per heavy atom. The highest BCUT2D eigenvalue weighted by atomic mass is 15.5. The van der Waals surface area contributed by atoms with Gasteiger partial charge in [-0.25, -0.2) is 0 Å². The average molecular weight is 465 g/mol. The van der Waals surface area contributed by atoms with E-state index in [1.807, 2.05) is 0 Å². The molecule has 0 radical (unpaired) electrons. The van der Waals surface area contributed by atoms with E-state index in [4.69, 9.17) is 0 Å². The fraction of sp³-hybridized carbons (Fsp3) is 0.600. The molecule has 4 heteroatoms. The lowest BCUT2D eigenvalue weighted by molar-refractivity contribution is -0.0294. The highest BCUT2D eigenvalue weighted by Crippen LogP contribution is 2.12. The monoisotopic (exact) mass is 464 g/mol. The minimum absolute atomic E-state index is 1.08. The zero-order valence-electron chi connectivity index (χ0n) is 21.9. The lowest BCUT2D eigenvalue weighted by atomic mass is 10.1. The molecule has 0 aromatic heterocycles. The van der Waals surface area contributed by atoms with Crippen molar-refractivity contribution in [3.63, 3.8) is 0 Å². The standard InChI is InChI=1S/C30H48N4/c1-3-5-20-31(21-6-4-2)22-13-23-32-26-33(24-18-29-14-9-7-10-15-29)28-34(27-32)25-19-30-16-11-8-12-17-30/h7-12,14-17H,3-6,13,18-28H2,1-2H3. The van der Waals surface area contributed by atoms with Crippen LogP contribution >= 0.6 is 0 Å². The molecule has 0 saturated carbocycles. The summed E-state index contributed by atoms with van der Waals surface area (Å²) in [6.45, 7) is 15.1. The van der Waals surface area contributed by atoms with Gasteiger partial charge in [-0.3, -0.25) is 14.7 Å². The molecule has 0 unspecified atom stereocenters. The molecule has 1 aliphatic heterocycles. The summed E-state index contributed by atoms with van der Waals surface area (Å²) in [6.07, 6.45) is 8.77. The van der Waals surface area contributed by atoms with Crippen molar-refractivity contribution in [1.82, 2.24) is 19.6 Å². The summed E-state index contributed by atoms with van der Waals surface area (Å²) >= 11 is 0. The minimum atomic E-state index is 1.08. The Morgan fingerprint density at radius 2 is 0.971 bits per heavy atom. The van der Waals surface area contributed by atoms with Crippen LogP contribution in [0.3, 0.4) is 0 Å². The molecule has 2 aromatic rings. The van der Waals surface area contributed by atoms with E-state index in [-0.39, 0.29) is 0 Å².